The van der Waals surface area contributed by atoms with Crippen molar-refractivity contribution in [3.8, 4) is 5.75 Å². The molecule has 0 unspecified atom stereocenters. The summed E-state index contributed by atoms with van der Waals surface area (Å²) in [5, 5.41) is 7.35. The van der Waals surface area contributed by atoms with Crippen LogP contribution in [0.15, 0.2) is 54.6 Å². The van der Waals surface area contributed by atoms with Crippen LogP contribution in [0, 0.1) is 20.8 Å². The number of hydrogen-bond donors (Lipinski definition) is 2. The summed E-state index contributed by atoms with van der Waals surface area (Å²) in [6.45, 7) is 6.41. The molecule has 1 amide bonds. The lowest BCUT2D eigenvalue weighted by atomic mass is 10.1. The Hall–Kier alpha value is -2.69. The summed E-state index contributed by atoms with van der Waals surface area (Å²) in [6.07, 6.45) is 0. The summed E-state index contributed by atoms with van der Waals surface area (Å²) in [4.78, 5) is 12.2. The van der Waals surface area contributed by atoms with E-state index in [4.69, 9.17) is 27.9 Å². The van der Waals surface area contributed by atoms with Gasteiger partial charge in [0, 0.05) is 22.9 Å². The highest BCUT2D eigenvalue weighted by atomic mass is 35.5. The van der Waals surface area contributed by atoms with Gasteiger partial charge in [-0.1, -0.05) is 53.0 Å². The van der Waals surface area contributed by atoms with Crippen molar-refractivity contribution in [1.29, 1.82) is 0 Å². The molecule has 3 aromatic carbocycles. The summed E-state index contributed by atoms with van der Waals surface area (Å²) >= 11 is 12.5. The molecule has 0 spiro atoms. The lowest BCUT2D eigenvalue weighted by molar-refractivity contribution is -0.118. The summed E-state index contributed by atoms with van der Waals surface area (Å²) < 4.78 is 5.60. The van der Waals surface area contributed by atoms with Crippen LogP contribution in [0.3, 0.4) is 0 Å². The van der Waals surface area contributed by atoms with E-state index in [1.54, 1.807) is 6.07 Å². The average Bonchev–Trinajstić information content (AvgIpc) is 2.70. The minimum atomic E-state index is -0.236. The second-order valence-corrected chi connectivity index (χ2v) is 8.05. The second kappa shape index (κ2) is 9.88. The summed E-state index contributed by atoms with van der Waals surface area (Å²) in [7, 11) is 0. The normalized spacial score (nSPS) is 10.6. The van der Waals surface area contributed by atoms with E-state index in [1.165, 1.54) is 0 Å². The van der Waals surface area contributed by atoms with E-state index in [-0.39, 0.29) is 12.5 Å². The zero-order valence-corrected chi connectivity index (χ0v) is 18.7. The van der Waals surface area contributed by atoms with E-state index in [0.717, 1.165) is 38.7 Å². The molecule has 0 aliphatic rings. The Morgan fingerprint density at radius 2 is 1.70 bits per heavy atom. The molecule has 0 heterocycles. The lowest BCUT2D eigenvalue weighted by Gasteiger charge is -2.12. The minimum Gasteiger partial charge on any atom is -0.482 e. The Kier molecular flexibility index (Phi) is 7.24. The molecule has 0 bridgehead atoms. The van der Waals surface area contributed by atoms with Crippen LogP contribution in [0.2, 0.25) is 10.0 Å². The van der Waals surface area contributed by atoms with Gasteiger partial charge in [0.1, 0.15) is 5.75 Å². The van der Waals surface area contributed by atoms with E-state index in [9.17, 15) is 4.79 Å². The maximum absolute atomic E-state index is 12.2. The molecular formula is C24H24Cl2N2O2. The van der Waals surface area contributed by atoms with Gasteiger partial charge in [-0.25, -0.2) is 0 Å². The van der Waals surface area contributed by atoms with Gasteiger partial charge < -0.3 is 15.4 Å². The van der Waals surface area contributed by atoms with Crippen LogP contribution in [-0.4, -0.2) is 12.5 Å². The minimum absolute atomic E-state index is 0.119. The van der Waals surface area contributed by atoms with E-state index < -0.39 is 0 Å². The summed E-state index contributed by atoms with van der Waals surface area (Å²) in [6, 6.07) is 17.2. The number of carbonyl (C=O) groups is 1. The molecule has 0 saturated carbocycles. The standard InChI is InChI=1S/C24H24Cl2N2O2/c1-15-4-8-22(17(3)10-15)28-24(29)14-30-23-9-6-18(11-21(23)26)13-27-19-7-5-16(2)20(25)12-19/h4-12,27H,13-14H2,1-3H3,(H,28,29). The Morgan fingerprint density at radius 1 is 0.900 bits per heavy atom. The fraction of sp³-hybridized carbons (Fsp3) is 0.208. The number of ether oxygens (including phenoxy) is 1. The predicted octanol–water partition coefficient (Wildman–Crippen LogP) is 6.55. The van der Waals surface area contributed by atoms with Crippen LogP contribution >= 0.6 is 23.2 Å². The highest BCUT2D eigenvalue weighted by Crippen LogP contribution is 2.27. The van der Waals surface area contributed by atoms with Gasteiger partial charge in [-0.15, -0.1) is 0 Å². The van der Waals surface area contributed by atoms with Crippen molar-refractivity contribution in [3.63, 3.8) is 0 Å². The summed E-state index contributed by atoms with van der Waals surface area (Å²) in [5.41, 5.74) is 5.89. The molecule has 6 heteroatoms. The van der Waals surface area contributed by atoms with Crippen molar-refractivity contribution in [1.82, 2.24) is 0 Å². The summed E-state index contributed by atoms with van der Waals surface area (Å²) in [5.74, 6) is 0.231. The maximum Gasteiger partial charge on any atom is 0.262 e. The topological polar surface area (TPSA) is 50.4 Å². The van der Waals surface area contributed by atoms with Gasteiger partial charge in [0.25, 0.3) is 5.91 Å². The average molecular weight is 443 g/mol. The Morgan fingerprint density at radius 3 is 2.40 bits per heavy atom. The highest BCUT2D eigenvalue weighted by Gasteiger charge is 2.09. The monoisotopic (exact) mass is 442 g/mol. The Labute approximate surface area is 187 Å². The zero-order chi connectivity index (χ0) is 21.7. The molecule has 0 radical (unpaired) electrons. The van der Waals surface area contributed by atoms with Gasteiger partial charge in [0.05, 0.1) is 5.02 Å². The van der Waals surface area contributed by atoms with Gasteiger partial charge in [-0.2, -0.15) is 0 Å². The van der Waals surface area contributed by atoms with E-state index in [0.29, 0.717) is 17.3 Å². The van der Waals surface area contributed by atoms with Crippen molar-refractivity contribution < 1.29 is 9.53 Å². The Balaban J connectivity index is 1.54. The molecule has 0 fully saturated rings. The molecule has 0 atom stereocenters. The number of rotatable bonds is 7. The van der Waals surface area contributed by atoms with Crippen molar-refractivity contribution in [2.75, 3.05) is 17.2 Å². The zero-order valence-electron chi connectivity index (χ0n) is 17.2. The molecule has 4 nitrogen and oxygen atoms in total. The van der Waals surface area contributed by atoms with Crippen molar-refractivity contribution in [2.45, 2.75) is 27.3 Å². The largest absolute Gasteiger partial charge is 0.482 e. The van der Waals surface area contributed by atoms with Gasteiger partial charge in [-0.3, -0.25) is 4.79 Å². The first-order valence-corrected chi connectivity index (χ1v) is 10.4. The molecule has 0 aromatic heterocycles. The van der Waals surface area contributed by atoms with Crippen LogP contribution in [0.4, 0.5) is 11.4 Å². The number of hydrogen-bond acceptors (Lipinski definition) is 3. The number of nitrogens with one attached hydrogen (secondary N) is 2. The second-order valence-electron chi connectivity index (χ2n) is 7.24. The van der Waals surface area contributed by atoms with Gasteiger partial charge in [0.15, 0.2) is 6.61 Å². The van der Waals surface area contributed by atoms with Gasteiger partial charge in [0.2, 0.25) is 0 Å². The molecule has 2 N–H and O–H groups in total. The highest BCUT2D eigenvalue weighted by molar-refractivity contribution is 6.32. The molecule has 0 saturated heterocycles. The van der Waals surface area contributed by atoms with Crippen LogP contribution in [0.5, 0.6) is 5.75 Å². The third-order valence-corrected chi connectivity index (χ3v) is 5.38. The quantitative estimate of drug-likeness (QED) is 0.436. The smallest absolute Gasteiger partial charge is 0.262 e. The Bertz CT molecular complexity index is 1070. The molecule has 30 heavy (non-hydrogen) atoms. The number of amides is 1. The number of carbonyl (C=O) groups excluding carboxylic acids is 1. The first kappa shape index (κ1) is 22.0. The molecular weight excluding hydrogens is 419 g/mol. The molecule has 3 aromatic rings. The molecule has 3 rings (SSSR count). The van der Waals surface area contributed by atoms with E-state index in [2.05, 4.69) is 10.6 Å². The number of anilines is 2. The van der Waals surface area contributed by atoms with E-state index in [1.807, 2.05) is 69.3 Å². The fourth-order valence-electron chi connectivity index (χ4n) is 2.96. The number of aryl methyl sites for hydroxylation is 3. The van der Waals surface area contributed by atoms with Crippen molar-refractivity contribution in [3.05, 3.63) is 86.9 Å². The third-order valence-electron chi connectivity index (χ3n) is 4.68. The van der Waals surface area contributed by atoms with Crippen LogP contribution < -0.4 is 15.4 Å². The first-order valence-electron chi connectivity index (χ1n) is 9.60. The van der Waals surface area contributed by atoms with Crippen molar-refractivity contribution in [2.24, 2.45) is 0 Å². The third kappa shape index (κ3) is 5.91. The van der Waals surface area contributed by atoms with Crippen LogP contribution in [0.1, 0.15) is 22.3 Å². The lowest BCUT2D eigenvalue weighted by Crippen LogP contribution is -2.20. The SMILES string of the molecule is Cc1ccc(NC(=O)COc2ccc(CNc3ccc(C)c(Cl)c3)cc2Cl)c(C)c1. The van der Waals surface area contributed by atoms with E-state index >= 15 is 0 Å². The molecule has 0 aliphatic carbocycles. The first-order chi connectivity index (χ1) is 14.3. The van der Waals surface area contributed by atoms with Crippen LogP contribution in [0.25, 0.3) is 0 Å². The van der Waals surface area contributed by atoms with Crippen LogP contribution in [-0.2, 0) is 11.3 Å². The number of halogens is 2. The van der Waals surface area contributed by atoms with Crippen molar-refractivity contribution >= 4 is 40.5 Å². The predicted molar refractivity (Wildman–Crippen MR) is 125 cm³/mol. The van der Waals surface area contributed by atoms with Gasteiger partial charge >= 0.3 is 0 Å². The molecule has 156 valence electrons. The number of benzene rings is 3. The maximum atomic E-state index is 12.2. The molecule has 0 aliphatic heterocycles. The fourth-order valence-corrected chi connectivity index (χ4v) is 3.40. The van der Waals surface area contributed by atoms with Gasteiger partial charge in [-0.05, 0) is 67.8 Å².